The number of aromatic nitrogens is 1. The summed E-state index contributed by atoms with van der Waals surface area (Å²) in [5, 5.41) is 12.2. The van der Waals surface area contributed by atoms with Crippen LogP contribution in [-0.2, 0) is 0 Å². The monoisotopic (exact) mass is 208 g/mol. The van der Waals surface area contributed by atoms with Crippen molar-refractivity contribution in [3.63, 3.8) is 0 Å². The summed E-state index contributed by atoms with van der Waals surface area (Å²) in [5.41, 5.74) is -0.137. The van der Waals surface area contributed by atoms with Crippen LogP contribution >= 0.6 is 11.3 Å². The van der Waals surface area contributed by atoms with E-state index in [9.17, 15) is 13.6 Å². The van der Waals surface area contributed by atoms with Crippen LogP contribution in [0.3, 0.4) is 0 Å². The van der Waals surface area contributed by atoms with Gasteiger partial charge >= 0.3 is 5.97 Å². The van der Waals surface area contributed by atoms with E-state index in [-0.39, 0.29) is 10.8 Å². The fourth-order valence-corrected chi connectivity index (χ4v) is 1.31. The van der Waals surface area contributed by atoms with Crippen molar-refractivity contribution in [2.75, 3.05) is 11.9 Å². The molecule has 0 bridgehead atoms. The van der Waals surface area contributed by atoms with Gasteiger partial charge in [0.1, 0.15) is 0 Å². The first kappa shape index (κ1) is 9.85. The molecule has 72 valence electrons. The van der Waals surface area contributed by atoms with Crippen LogP contribution in [0.5, 0.6) is 0 Å². The Balaban J connectivity index is 2.54. The molecule has 0 unspecified atom stereocenters. The van der Waals surface area contributed by atoms with Crippen LogP contribution in [0, 0.1) is 0 Å². The lowest BCUT2D eigenvalue weighted by Gasteiger charge is -1.98. The molecule has 0 fully saturated rings. The summed E-state index contributed by atoms with van der Waals surface area (Å²) >= 11 is 0.983. The minimum atomic E-state index is -2.47. The van der Waals surface area contributed by atoms with Crippen LogP contribution < -0.4 is 5.32 Å². The number of aromatic carboxylic acids is 1. The molecule has 0 spiro atoms. The molecular weight excluding hydrogens is 202 g/mol. The Hall–Kier alpha value is -1.24. The number of hydrogen-bond acceptors (Lipinski definition) is 4. The minimum absolute atomic E-state index is 0.137. The molecule has 1 heterocycles. The standard InChI is InChI=1S/C6H6F2N2O2S/c7-4(8)1-9-6-10-3(2-13-6)5(11)12/h2,4H,1H2,(H,9,10)(H,11,12). The zero-order valence-electron chi connectivity index (χ0n) is 6.33. The molecule has 4 nitrogen and oxygen atoms in total. The Labute approximate surface area is 76.2 Å². The normalized spacial score (nSPS) is 10.4. The van der Waals surface area contributed by atoms with Gasteiger partial charge in [0.05, 0.1) is 6.54 Å². The Kier molecular flexibility index (Phi) is 3.13. The number of alkyl halides is 2. The van der Waals surface area contributed by atoms with Gasteiger partial charge in [0.25, 0.3) is 6.43 Å². The van der Waals surface area contributed by atoms with Crippen molar-refractivity contribution < 1.29 is 18.7 Å². The summed E-state index contributed by atoms with van der Waals surface area (Å²) < 4.78 is 23.4. The van der Waals surface area contributed by atoms with E-state index >= 15 is 0 Å². The molecule has 2 N–H and O–H groups in total. The predicted molar refractivity (Wildman–Crippen MR) is 43.6 cm³/mol. The zero-order valence-corrected chi connectivity index (χ0v) is 7.15. The lowest BCUT2D eigenvalue weighted by Crippen LogP contribution is -2.10. The molecule has 0 aliphatic carbocycles. The third-order valence-electron chi connectivity index (χ3n) is 1.13. The number of anilines is 1. The highest BCUT2D eigenvalue weighted by molar-refractivity contribution is 7.13. The number of carbonyl (C=O) groups is 1. The third kappa shape index (κ3) is 2.94. The first-order valence-corrected chi connectivity index (χ1v) is 4.18. The molecule has 0 atom stereocenters. The quantitative estimate of drug-likeness (QED) is 0.787. The van der Waals surface area contributed by atoms with Gasteiger partial charge in [0.15, 0.2) is 10.8 Å². The summed E-state index contributed by atoms with van der Waals surface area (Å²) in [4.78, 5) is 13.9. The van der Waals surface area contributed by atoms with Crippen LogP contribution in [-0.4, -0.2) is 29.0 Å². The van der Waals surface area contributed by atoms with Crippen molar-refractivity contribution in [1.29, 1.82) is 0 Å². The largest absolute Gasteiger partial charge is 0.476 e. The van der Waals surface area contributed by atoms with Gasteiger partial charge in [-0.25, -0.2) is 18.6 Å². The van der Waals surface area contributed by atoms with Gasteiger partial charge in [-0.1, -0.05) is 0 Å². The van der Waals surface area contributed by atoms with Crippen molar-refractivity contribution in [2.24, 2.45) is 0 Å². The number of nitrogens with one attached hydrogen (secondary N) is 1. The molecule has 0 aliphatic rings. The van der Waals surface area contributed by atoms with E-state index in [0.29, 0.717) is 0 Å². The van der Waals surface area contributed by atoms with E-state index in [1.165, 1.54) is 5.38 Å². The number of carboxylic acids is 1. The summed E-state index contributed by atoms with van der Waals surface area (Å²) in [6.07, 6.45) is -2.47. The number of carboxylic acid groups (broad SMARTS) is 1. The van der Waals surface area contributed by atoms with Crippen molar-refractivity contribution in [3.05, 3.63) is 11.1 Å². The maximum atomic E-state index is 11.7. The molecule has 1 aromatic rings. The van der Waals surface area contributed by atoms with Gasteiger partial charge in [-0.05, 0) is 0 Å². The maximum absolute atomic E-state index is 11.7. The lowest BCUT2D eigenvalue weighted by atomic mass is 10.5. The Bertz CT molecular complexity index is 303. The molecule has 1 rings (SSSR count). The van der Waals surface area contributed by atoms with Gasteiger partial charge < -0.3 is 10.4 Å². The van der Waals surface area contributed by atoms with E-state index in [0.717, 1.165) is 11.3 Å². The topological polar surface area (TPSA) is 62.2 Å². The second-order valence-corrected chi connectivity index (χ2v) is 2.97. The summed E-state index contributed by atoms with van der Waals surface area (Å²) in [6, 6.07) is 0. The Morgan fingerprint density at radius 1 is 1.77 bits per heavy atom. The molecule has 7 heteroatoms. The number of hydrogen-bond donors (Lipinski definition) is 2. The fraction of sp³-hybridized carbons (Fsp3) is 0.333. The third-order valence-corrected chi connectivity index (χ3v) is 1.93. The zero-order chi connectivity index (χ0) is 9.84. The maximum Gasteiger partial charge on any atom is 0.355 e. The number of nitrogens with zero attached hydrogens (tertiary/aromatic N) is 1. The molecular formula is C6H6F2N2O2S. The van der Waals surface area contributed by atoms with Crippen LogP contribution in [0.25, 0.3) is 0 Å². The Morgan fingerprint density at radius 3 is 2.92 bits per heavy atom. The van der Waals surface area contributed by atoms with E-state index in [1.54, 1.807) is 0 Å². The van der Waals surface area contributed by atoms with E-state index in [1.807, 2.05) is 0 Å². The SMILES string of the molecule is O=C(O)c1csc(NCC(F)F)n1. The van der Waals surface area contributed by atoms with Crippen molar-refractivity contribution >= 4 is 22.4 Å². The van der Waals surface area contributed by atoms with Gasteiger partial charge in [-0.15, -0.1) is 11.3 Å². The average molecular weight is 208 g/mol. The van der Waals surface area contributed by atoms with Crippen molar-refractivity contribution in [1.82, 2.24) is 4.98 Å². The highest BCUT2D eigenvalue weighted by atomic mass is 32.1. The lowest BCUT2D eigenvalue weighted by molar-refractivity contribution is 0.0691. The molecule has 13 heavy (non-hydrogen) atoms. The summed E-state index contributed by atoms with van der Waals surface area (Å²) in [6.45, 7) is -0.521. The van der Waals surface area contributed by atoms with Gasteiger partial charge in [-0.3, -0.25) is 0 Å². The van der Waals surface area contributed by atoms with Gasteiger partial charge in [0, 0.05) is 5.38 Å². The van der Waals surface area contributed by atoms with Gasteiger partial charge in [0.2, 0.25) is 0 Å². The number of rotatable bonds is 4. The fourth-order valence-electron chi connectivity index (χ4n) is 0.618. The van der Waals surface area contributed by atoms with Crippen LogP contribution in [0.4, 0.5) is 13.9 Å². The molecule has 0 saturated heterocycles. The molecule has 0 saturated carbocycles. The second kappa shape index (κ2) is 4.13. The van der Waals surface area contributed by atoms with Crippen LogP contribution in [0.15, 0.2) is 5.38 Å². The molecule has 0 aromatic carbocycles. The molecule has 0 amide bonds. The van der Waals surface area contributed by atoms with Crippen LogP contribution in [0.2, 0.25) is 0 Å². The van der Waals surface area contributed by atoms with Crippen molar-refractivity contribution in [2.45, 2.75) is 6.43 Å². The first-order chi connectivity index (χ1) is 6.09. The number of thiazole rings is 1. The van der Waals surface area contributed by atoms with E-state index in [4.69, 9.17) is 5.11 Å². The minimum Gasteiger partial charge on any atom is -0.476 e. The summed E-state index contributed by atoms with van der Waals surface area (Å²) in [7, 11) is 0. The van der Waals surface area contributed by atoms with E-state index < -0.39 is 18.9 Å². The highest BCUT2D eigenvalue weighted by Crippen LogP contribution is 2.15. The molecule has 0 aliphatic heterocycles. The summed E-state index contributed by atoms with van der Waals surface area (Å²) in [5.74, 6) is -1.17. The molecule has 0 radical (unpaired) electrons. The second-order valence-electron chi connectivity index (χ2n) is 2.12. The van der Waals surface area contributed by atoms with Gasteiger partial charge in [-0.2, -0.15) is 0 Å². The molecule has 1 aromatic heterocycles. The smallest absolute Gasteiger partial charge is 0.355 e. The predicted octanol–water partition coefficient (Wildman–Crippen LogP) is 1.52. The highest BCUT2D eigenvalue weighted by Gasteiger charge is 2.09. The van der Waals surface area contributed by atoms with Crippen LogP contribution in [0.1, 0.15) is 10.5 Å². The average Bonchev–Trinajstić information content (AvgIpc) is 2.48. The Morgan fingerprint density at radius 2 is 2.46 bits per heavy atom. The van der Waals surface area contributed by atoms with Crippen molar-refractivity contribution in [3.8, 4) is 0 Å². The first-order valence-electron chi connectivity index (χ1n) is 3.30. The van der Waals surface area contributed by atoms with E-state index in [2.05, 4.69) is 10.3 Å². The number of halogens is 2.